The Morgan fingerprint density at radius 1 is 1.38 bits per heavy atom. The van der Waals surface area contributed by atoms with E-state index < -0.39 is 17.8 Å². The van der Waals surface area contributed by atoms with Gasteiger partial charge in [0.15, 0.2) is 0 Å². The second-order valence-corrected chi connectivity index (χ2v) is 3.09. The number of hydrogen-bond acceptors (Lipinski definition) is 2. The Balaban J connectivity index is 0.00000225. The molecule has 6 heteroatoms. The smallest absolute Gasteiger partial charge is 0.323 e. The number of halogens is 4. The van der Waals surface area contributed by atoms with E-state index in [1.54, 1.807) is 0 Å². The third-order valence-corrected chi connectivity index (χ3v) is 1.95. The topological polar surface area (TPSA) is 49.8 Å². The average Bonchev–Trinajstić information content (AvgIpc) is 2.17. The van der Waals surface area contributed by atoms with E-state index in [4.69, 9.17) is 11.0 Å². The molecule has 0 saturated heterocycles. The second kappa shape index (κ2) is 5.73. The number of nitrogens with zero attached hydrogens (tertiary/aromatic N) is 1. The first kappa shape index (κ1) is 14.8. The molecule has 1 aromatic rings. The fourth-order valence-corrected chi connectivity index (χ4v) is 1.16. The molecule has 2 nitrogen and oxygen atoms in total. The van der Waals surface area contributed by atoms with Crippen molar-refractivity contribution in [2.75, 3.05) is 0 Å². The van der Waals surface area contributed by atoms with Gasteiger partial charge in [0.1, 0.15) is 0 Å². The highest BCUT2D eigenvalue weighted by Gasteiger charge is 2.30. The Bertz CT molecular complexity index is 384. The van der Waals surface area contributed by atoms with Gasteiger partial charge < -0.3 is 5.73 Å². The van der Waals surface area contributed by atoms with Crippen LogP contribution in [0, 0.1) is 11.3 Å². The molecule has 1 atom stereocenters. The predicted octanol–water partition coefficient (Wildman–Crippen LogP) is 3.04. The molecule has 0 bridgehead atoms. The van der Waals surface area contributed by atoms with Crippen LogP contribution in [0.5, 0.6) is 0 Å². The summed E-state index contributed by atoms with van der Waals surface area (Å²) in [6, 6.07) is 5.87. The van der Waals surface area contributed by atoms with Gasteiger partial charge in [0.2, 0.25) is 0 Å². The van der Waals surface area contributed by atoms with Crippen molar-refractivity contribution >= 4 is 12.4 Å². The van der Waals surface area contributed by atoms with Crippen LogP contribution < -0.4 is 5.73 Å². The van der Waals surface area contributed by atoms with Crippen LogP contribution in [0.15, 0.2) is 24.3 Å². The summed E-state index contributed by atoms with van der Waals surface area (Å²) in [5, 5.41) is 8.37. The number of nitriles is 1. The van der Waals surface area contributed by atoms with Gasteiger partial charge >= 0.3 is 6.18 Å². The van der Waals surface area contributed by atoms with Gasteiger partial charge in [-0.25, -0.2) is 0 Å². The quantitative estimate of drug-likeness (QED) is 0.877. The third kappa shape index (κ3) is 3.72. The summed E-state index contributed by atoms with van der Waals surface area (Å²) in [5.74, 6) is 0. The van der Waals surface area contributed by atoms with Crippen molar-refractivity contribution < 1.29 is 13.2 Å². The SMILES string of the molecule is Cl.N#CC[C@@H](N)c1cccc(C(F)(F)F)c1. The lowest BCUT2D eigenvalue weighted by Gasteiger charge is -2.11. The summed E-state index contributed by atoms with van der Waals surface area (Å²) in [7, 11) is 0. The van der Waals surface area contributed by atoms with E-state index in [1.807, 2.05) is 6.07 Å². The van der Waals surface area contributed by atoms with Crippen LogP contribution in [0.3, 0.4) is 0 Å². The van der Waals surface area contributed by atoms with E-state index in [1.165, 1.54) is 12.1 Å². The molecule has 16 heavy (non-hydrogen) atoms. The number of benzene rings is 1. The zero-order valence-corrected chi connectivity index (χ0v) is 8.98. The Hall–Kier alpha value is -1.25. The lowest BCUT2D eigenvalue weighted by molar-refractivity contribution is -0.137. The molecule has 0 fully saturated rings. The first-order chi connectivity index (χ1) is 6.95. The molecule has 0 unspecified atom stereocenters. The first-order valence-electron chi connectivity index (χ1n) is 4.25. The maximum atomic E-state index is 12.3. The van der Waals surface area contributed by atoms with Gasteiger partial charge in [-0.1, -0.05) is 12.1 Å². The summed E-state index contributed by atoms with van der Waals surface area (Å²) < 4.78 is 36.9. The number of hydrogen-bond donors (Lipinski definition) is 1. The van der Waals surface area contributed by atoms with Gasteiger partial charge in [-0.2, -0.15) is 18.4 Å². The summed E-state index contributed by atoms with van der Waals surface area (Å²) in [6.45, 7) is 0. The molecule has 0 aliphatic heterocycles. The summed E-state index contributed by atoms with van der Waals surface area (Å²) in [6.07, 6.45) is -4.37. The summed E-state index contributed by atoms with van der Waals surface area (Å²) >= 11 is 0. The summed E-state index contributed by atoms with van der Waals surface area (Å²) in [5.41, 5.74) is 5.11. The highest BCUT2D eigenvalue weighted by Crippen LogP contribution is 2.30. The molecule has 0 aliphatic carbocycles. The normalized spacial score (nSPS) is 12.4. The van der Waals surface area contributed by atoms with Crippen LogP contribution >= 0.6 is 12.4 Å². The molecular weight excluding hydrogens is 241 g/mol. The Morgan fingerprint density at radius 3 is 2.50 bits per heavy atom. The van der Waals surface area contributed by atoms with E-state index in [0.717, 1.165) is 12.1 Å². The van der Waals surface area contributed by atoms with Crippen molar-refractivity contribution in [2.24, 2.45) is 5.73 Å². The van der Waals surface area contributed by atoms with Gasteiger partial charge in [-0.05, 0) is 17.7 Å². The largest absolute Gasteiger partial charge is 0.416 e. The molecule has 0 amide bonds. The maximum Gasteiger partial charge on any atom is 0.416 e. The van der Waals surface area contributed by atoms with Crippen molar-refractivity contribution in [3.8, 4) is 6.07 Å². The van der Waals surface area contributed by atoms with Crippen molar-refractivity contribution in [3.05, 3.63) is 35.4 Å². The minimum atomic E-state index is -4.37. The van der Waals surface area contributed by atoms with Crippen molar-refractivity contribution in [1.82, 2.24) is 0 Å². The van der Waals surface area contributed by atoms with Crippen LogP contribution in [-0.4, -0.2) is 0 Å². The Kier molecular flexibility index (Phi) is 5.28. The molecule has 88 valence electrons. The molecule has 0 spiro atoms. The van der Waals surface area contributed by atoms with Gasteiger partial charge in [-0.15, -0.1) is 12.4 Å². The molecule has 1 rings (SSSR count). The number of nitrogens with two attached hydrogens (primary N) is 1. The molecule has 0 heterocycles. The lowest BCUT2D eigenvalue weighted by atomic mass is 10.0. The average molecular weight is 251 g/mol. The van der Waals surface area contributed by atoms with Crippen LogP contribution in [-0.2, 0) is 6.18 Å². The molecular formula is C10H10ClF3N2. The zero-order chi connectivity index (χ0) is 11.5. The van der Waals surface area contributed by atoms with Gasteiger partial charge in [0.25, 0.3) is 0 Å². The second-order valence-electron chi connectivity index (χ2n) is 3.09. The summed E-state index contributed by atoms with van der Waals surface area (Å²) in [4.78, 5) is 0. The predicted molar refractivity (Wildman–Crippen MR) is 55.9 cm³/mol. The molecule has 0 aromatic heterocycles. The highest BCUT2D eigenvalue weighted by atomic mass is 35.5. The fraction of sp³-hybridized carbons (Fsp3) is 0.300. The molecule has 0 radical (unpaired) electrons. The number of alkyl halides is 3. The zero-order valence-electron chi connectivity index (χ0n) is 8.16. The van der Waals surface area contributed by atoms with E-state index in [9.17, 15) is 13.2 Å². The van der Waals surface area contributed by atoms with Gasteiger partial charge in [0.05, 0.1) is 18.1 Å². The highest BCUT2D eigenvalue weighted by molar-refractivity contribution is 5.85. The monoisotopic (exact) mass is 250 g/mol. The van der Waals surface area contributed by atoms with Gasteiger partial charge in [0, 0.05) is 6.04 Å². The fourth-order valence-electron chi connectivity index (χ4n) is 1.16. The molecule has 1 aromatic carbocycles. The standard InChI is InChI=1S/C10H9F3N2.ClH/c11-10(12,13)8-3-1-2-7(6-8)9(15)4-5-14;/h1-3,6,9H,4,15H2;1H/t9-;/m1./s1. The van der Waals surface area contributed by atoms with E-state index in [2.05, 4.69) is 0 Å². The van der Waals surface area contributed by atoms with Crippen molar-refractivity contribution in [2.45, 2.75) is 18.6 Å². The van der Waals surface area contributed by atoms with E-state index in [0.29, 0.717) is 5.56 Å². The third-order valence-electron chi connectivity index (χ3n) is 1.95. The van der Waals surface area contributed by atoms with Crippen LogP contribution in [0.4, 0.5) is 13.2 Å². The van der Waals surface area contributed by atoms with Crippen LogP contribution in [0.1, 0.15) is 23.6 Å². The minimum absolute atomic E-state index is 0. The first-order valence-corrected chi connectivity index (χ1v) is 4.25. The minimum Gasteiger partial charge on any atom is -0.323 e. The van der Waals surface area contributed by atoms with E-state index >= 15 is 0 Å². The van der Waals surface area contributed by atoms with Gasteiger partial charge in [-0.3, -0.25) is 0 Å². The van der Waals surface area contributed by atoms with Crippen LogP contribution in [0.2, 0.25) is 0 Å². The molecule has 0 aliphatic rings. The Morgan fingerprint density at radius 2 is 2.00 bits per heavy atom. The maximum absolute atomic E-state index is 12.3. The van der Waals surface area contributed by atoms with Crippen LogP contribution in [0.25, 0.3) is 0 Å². The van der Waals surface area contributed by atoms with Crippen molar-refractivity contribution in [1.29, 1.82) is 5.26 Å². The lowest BCUT2D eigenvalue weighted by Crippen LogP contribution is -2.11. The molecule has 2 N–H and O–H groups in total. The number of rotatable bonds is 2. The van der Waals surface area contributed by atoms with E-state index in [-0.39, 0.29) is 18.8 Å². The molecule has 0 saturated carbocycles. The van der Waals surface area contributed by atoms with Crippen molar-refractivity contribution in [3.63, 3.8) is 0 Å². The Labute approximate surface area is 97.3 Å².